The van der Waals surface area contributed by atoms with Gasteiger partial charge in [0, 0.05) is 0 Å². The van der Waals surface area contributed by atoms with E-state index < -0.39 is 0 Å². The lowest BCUT2D eigenvalue weighted by Crippen LogP contribution is -2.40. The van der Waals surface area contributed by atoms with Crippen LogP contribution in [0.1, 0.15) is 86.0 Å². The minimum Gasteiger partial charge on any atom is -0.393 e. The number of rotatable bonds is 0. The molecule has 0 spiro atoms. The van der Waals surface area contributed by atoms with E-state index >= 15 is 0 Å². The minimum atomic E-state index is -0.0313. The lowest BCUT2D eigenvalue weighted by atomic mass is 9.68. The Bertz CT molecular complexity index is 427. The Balaban J connectivity index is 0.000000131. The van der Waals surface area contributed by atoms with E-state index in [4.69, 9.17) is 0 Å². The standard InChI is InChI=1S/2C10H18O/c1-9(2)7-4-5-10(9,3)8(11)6-7;1-9-4-3-5-10(2,7-6-9)8(9)11/h7-8,11H,4-6H2,1-3H3;8,11H,3-7H2,1-2H3. The highest BCUT2D eigenvalue weighted by molar-refractivity contribution is 5.10. The minimum absolute atomic E-state index is 0.0243. The topological polar surface area (TPSA) is 40.5 Å². The van der Waals surface area contributed by atoms with E-state index in [1.807, 2.05) is 0 Å². The van der Waals surface area contributed by atoms with Crippen LogP contribution in [0.25, 0.3) is 0 Å². The number of hydrogen-bond donors (Lipinski definition) is 2. The molecule has 0 amide bonds. The second kappa shape index (κ2) is 4.96. The van der Waals surface area contributed by atoms with Gasteiger partial charge < -0.3 is 10.2 Å². The van der Waals surface area contributed by atoms with Gasteiger partial charge in [-0.25, -0.2) is 0 Å². The predicted octanol–water partition coefficient (Wildman–Crippen LogP) is 4.53. The van der Waals surface area contributed by atoms with Crippen LogP contribution >= 0.6 is 0 Å². The maximum atomic E-state index is 10.0. The van der Waals surface area contributed by atoms with Crippen molar-refractivity contribution in [3.8, 4) is 0 Å². The van der Waals surface area contributed by atoms with E-state index in [1.165, 1.54) is 44.9 Å². The van der Waals surface area contributed by atoms with Crippen molar-refractivity contribution in [3.63, 3.8) is 0 Å². The van der Waals surface area contributed by atoms with Gasteiger partial charge in [-0.2, -0.15) is 0 Å². The Morgan fingerprint density at radius 3 is 1.59 bits per heavy atom. The number of hydrogen-bond acceptors (Lipinski definition) is 2. The first kappa shape index (κ1) is 16.8. The van der Waals surface area contributed by atoms with Crippen molar-refractivity contribution in [2.45, 2.75) is 98.2 Å². The van der Waals surface area contributed by atoms with E-state index in [2.05, 4.69) is 34.6 Å². The molecule has 4 aliphatic rings. The van der Waals surface area contributed by atoms with Crippen LogP contribution in [0.15, 0.2) is 0 Å². The normalized spacial score (nSPS) is 55.0. The summed E-state index contributed by atoms with van der Waals surface area (Å²) in [5, 5.41) is 19.8. The molecule has 5 unspecified atom stereocenters. The summed E-state index contributed by atoms with van der Waals surface area (Å²) in [4.78, 5) is 0. The molecule has 0 heterocycles. The van der Waals surface area contributed by atoms with Gasteiger partial charge in [-0.1, -0.05) is 41.0 Å². The molecule has 0 aromatic heterocycles. The molecule has 4 rings (SSSR count). The van der Waals surface area contributed by atoms with Crippen molar-refractivity contribution in [1.82, 2.24) is 0 Å². The van der Waals surface area contributed by atoms with Gasteiger partial charge in [0.25, 0.3) is 0 Å². The van der Waals surface area contributed by atoms with Crippen LogP contribution in [-0.4, -0.2) is 22.4 Å². The monoisotopic (exact) mass is 308 g/mol. The first-order chi connectivity index (χ1) is 10.1. The van der Waals surface area contributed by atoms with Crippen molar-refractivity contribution in [2.75, 3.05) is 0 Å². The molecule has 0 aromatic rings. The first-order valence-electron chi connectivity index (χ1n) is 9.41. The molecule has 2 heteroatoms. The fraction of sp³-hybridized carbons (Fsp3) is 1.00. The summed E-state index contributed by atoms with van der Waals surface area (Å²) in [7, 11) is 0. The third-order valence-corrected chi connectivity index (χ3v) is 8.83. The highest BCUT2D eigenvalue weighted by Crippen LogP contribution is 2.65. The smallest absolute Gasteiger partial charge is 0.0647 e. The van der Waals surface area contributed by atoms with Gasteiger partial charge in [-0.05, 0) is 72.5 Å². The van der Waals surface area contributed by atoms with Crippen LogP contribution < -0.4 is 0 Å². The summed E-state index contributed by atoms with van der Waals surface area (Å²) in [5.74, 6) is 0.780. The van der Waals surface area contributed by atoms with Crippen molar-refractivity contribution in [1.29, 1.82) is 0 Å². The Labute approximate surface area is 136 Å². The molecule has 22 heavy (non-hydrogen) atoms. The van der Waals surface area contributed by atoms with Crippen molar-refractivity contribution >= 4 is 0 Å². The number of aliphatic hydroxyl groups excluding tert-OH is 2. The van der Waals surface area contributed by atoms with Gasteiger partial charge >= 0.3 is 0 Å². The summed E-state index contributed by atoms with van der Waals surface area (Å²) in [6.45, 7) is 11.4. The number of aliphatic hydroxyl groups is 2. The maximum Gasteiger partial charge on any atom is 0.0647 e. The highest BCUT2D eigenvalue weighted by Gasteiger charge is 2.60. The number of fused-ring (bicyclic) bond motifs is 4. The van der Waals surface area contributed by atoms with Gasteiger partial charge in [0.15, 0.2) is 0 Å². The van der Waals surface area contributed by atoms with Gasteiger partial charge in [0.2, 0.25) is 0 Å². The Morgan fingerprint density at radius 1 is 0.773 bits per heavy atom. The van der Waals surface area contributed by atoms with Crippen molar-refractivity contribution in [3.05, 3.63) is 0 Å². The lowest BCUT2D eigenvalue weighted by Gasteiger charge is -2.40. The second-order valence-corrected chi connectivity index (χ2v) is 10.2. The molecule has 2 N–H and O–H groups in total. The van der Waals surface area contributed by atoms with Gasteiger partial charge in [-0.15, -0.1) is 0 Å². The second-order valence-electron chi connectivity index (χ2n) is 10.2. The molecule has 4 saturated carbocycles. The van der Waals surface area contributed by atoms with E-state index in [0.29, 0.717) is 5.41 Å². The Kier molecular flexibility index (Phi) is 3.78. The van der Waals surface area contributed by atoms with E-state index in [0.717, 1.165) is 12.3 Å². The van der Waals surface area contributed by atoms with Crippen LogP contribution in [0.3, 0.4) is 0 Å². The first-order valence-corrected chi connectivity index (χ1v) is 9.41. The summed E-state index contributed by atoms with van der Waals surface area (Å²) in [5.41, 5.74) is 1.14. The molecule has 0 aromatic carbocycles. The Hall–Kier alpha value is -0.0800. The molecular weight excluding hydrogens is 272 g/mol. The molecule has 4 bridgehead atoms. The largest absolute Gasteiger partial charge is 0.393 e. The van der Waals surface area contributed by atoms with Crippen LogP contribution in [0.4, 0.5) is 0 Å². The van der Waals surface area contributed by atoms with E-state index in [1.54, 1.807) is 0 Å². The molecule has 128 valence electrons. The Morgan fingerprint density at radius 2 is 1.32 bits per heavy atom. The lowest BCUT2D eigenvalue weighted by molar-refractivity contribution is -0.0422. The zero-order chi connectivity index (χ0) is 16.4. The fourth-order valence-electron chi connectivity index (χ4n) is 6.27. The summed E-state index contributed by atoms with van der Waals surface area (Å²) in [6.07, 6.45) is 9.84. The van der Waals surface area contributed by atoms with Crippen molar-refractivity contribution in [2.24, 2.45) is 27.6 Å². The summed E-state index contributed by atoms with van der Waals surface area (Å²) < 4.78 is 0. The average molecular weight is 309 g/mol. The van der Waals surface area contributed by atoms with E-state index in [-0.39, 0.29) is 28.5 Å². The van der Waals surface area contributed by atoms with Gasteiger partial charge in [0.05, 0.1) is 12.2 Å². The molecule has 2 nitrogen and oxygen atoms in total. The van der Waals surface area contributed by atoms with E-state index in [9.17, 15) is 10.2 Å². The third-order valence-electron chi connectivity index (χ3n) is 8.83. The molecular formula is C20H36O2. The van der Waals surface area contributed by atoms with Gasteiger partial charge in [-0.3, -0.25) is 0 Å². The molecule has 0 saturated heterocycles. The quantitative estimate of drug-likeness (QED) is 0.690. The van der Waals surface area contributed by atoms with Crippen LogP contribution in [0, 0.1) is 27.6 Å². The molecule has 0 radical (unpaired) electrons. The van der Waals surface area contributed by atoms with Crippen LogP contribution in [0.5, 0.6) is 0 Å². The van der Waals surface area contributed by atoms with Gasteiger partial charge in [0.1, 0.15) is 0 Å². The third kappa shape index (κ3) is 2.13. The summed E-state index contributed by atoms with van der Waals surface area (Å²) >= 11 is 0. The SMILES string of the molecule is CC1(C)C2CCC1(C)C(O)C2.CC12CCCC(C)(CC1)C2O. The molecule has 4 fully saturated rings. The maximum absolute atomic E-state index is 10.0. The zero-order valence-electron chi connectivity index (χ0n) is 15.3. The van der Waals surface area contributed by atoms with Crippen molar-refractivity contribution < 1.29 is 10.2 Å². The van der Waals surface area contributed by atoms with Crippen LogP contribution in [-0.2, 0) is 0 Å². The molecule has 0 aliphatic heterocycles. The molecule has 4 aliphatic carbocycles. The summed E-state index contributed by atoms with van der Waals surface area (Å²) in [6, 6.07) is 0. The fourth-order valence-corrected chi connectivity index (χ4v) is 6.27. The highest BCUT2D eigenvalue weighted by atomic mass is 16.3. The van der Waals surface area contributed by atoms with Crippen LogP contribution in [0.2, 0.25) is 0 Å². The predicted molar refractivity (Wildman–Crippen MR) is 90.5 cm³/mol. The average Bonchev–Trinajstić information content (AvgIpc) is 2.81. The molecule has 5 atom stereocenters. The zero-order valence-corrected chi connectivity index (χ0v) is 15.3.